The van der Waals surface area contributed by atoms with Crippen LogP contribution in [0.1, 0.15) is 29.9 Å². The molecule has 0 radical (unpaired) electrons. The summed E-state index contributed by atoms with van der Waals surface area (Å²) in [7, 11) is -2.79. The fraction of sp³-hybridized carbons (Fsp3) is 0.407. The highest BCUT2D eigenvalue weighted by molar-refractivity contribution is 7.92. The molecule has 17 heteroatoms. The van der Waals surface area contributed by atoms with Gasteiger partial charge in [0.2, 0.25) is 15.8 Å². The Balaban J connectivity index is 1.89. The van der Waals surface area contributed by atoms with Crippen molar-refractivity contribution in [2.75, 3.05) is 48.7 Å². The van der Waals surface area contributed by atoms with Gasteiger partial charge in [-0.2, -0.15) is 13.2 Å². The Bertz CT molecular complexity index is 1740. The lowest BCUT2D eigenvalue weighted by Gasteiger charge is -2.38. The number of rotatable bonds is 8. The first-order valence-electron chi connectivity index (χ1n) is 13.3. The molecule has 12 nitrogen and oxygen atoms in total. The van der Waals surface area contributed by atoms with Crippen LogP contribution >= 0.6 is 0 Å². The summed E-state index contributed by atoms with van der Waals surface area (Å²) in [5, 5.41) is 2.34. The molecule has 3 aromatic rings. The summed E-state index contributed by atoms with van der Waals surface area (Å²) in [4.78, 5) is 46.8. The second-order valence-electron chi connectivity index (χ2n) is 10.4. The van der Waals surface area contributed by atoms with Gasteiger partial charge in [0.25, 0.3) is 5.91 Å². The molecular weight excluding hydrogens is 612 g/mol. The maximum absolute atomic E-state index is 13.7. The zero-order chi connectivity index (χ0) is 32.6. The van der Waals surface area contributed by atoms with Crippen LogP contribution < -0.4 is 24.8 Å². The molecule has 238 valence electrons. The minimum Gasteiger partial charge on any atom is -0.411 e. The molecule has 1 amide bonds. The van der Waals surface area contributed by atoms with E-state index >= 15 is 0 Å². The Morgan fingerprint density at radius 1 is 1.11 bits per heavy atom. The number of alkyl halides is 3. The number of carbonyl (C=O) groups excluding carboxylic acids is 2. The standard InChI is InChI=1S/C27H30F4N6O6S/c1-16(2)35-9-11-36(12-10-35)19-13-20(34(3)44(4,41)42)23-33-21(24(38)32-14-17-5-7-18(28)8-6-17)22(25(39)37(23)15-19)43-26(40)27(29,30)31/h5-8,13,15-16H,9-12,14H2,1-4H3,(H,32,38). The Hall–Kier alpha value is -4.25. The lowest BCUT2D eigenvalue weighted by molar-refractivity contribution is -0.189. The summed E-state index contributed by atoms with van der Waals surface area (Å²) in [5.74, 6) is -5.83. The number of hydrogen-bond acceptors (Lipinski definition) is 9. The van der Waals surface area contributed by atoms with Crippen molar-refractivity contribution < 1.29 is 40.3 Å². The number of esters is 1. The van der Waals surface area contributed by atoms with Crippen molar-refractivity contribution in [2.24, 2.45) is 0 Å². The molecule has 1 saturated heterocycles. The topological polar surface area (TPSA) is 134 Å². The third kappa shape index (κ3) is 7.10. The van der Waals surface area contributed by atoms with E-state index in [9.17, 15) is 40.4 Å². The zero-order valence-corrected chi connectivity index (χ0v) is 25.0. The van der Waals surface area contributed by atoms with Crippen LogP contribution in [0.5, 0.6) is 5.75 Å². The number of nitrogens with zero attached hydrogens (tertiary/aromatic N) is 5. The summed E-state index contributed by atoms with van der Waals surface area (Å²) in [5.41, 5.74) is -2.16. The number of anilines is 2. The quantitative estimate of drug-likeness (QED) is 0.290. The molecule has 1 aliphatic rings. The van der Waals surface area contributed by atoms with Crippen molar-refractivity contribution in [3.05, 3.63) is 64.0 Å². The zero-order valence-electron chi connectivity index (χ0n) is 24.2. The largest absolute Gasteiger partial charge is 0.491 e. The predicted octanol–water partition coefficient (Wildman–Crippen LogP) is 2.16. The molecule has 0 saturated carbocycles. The number of fused-ring (bicyclic) bond motifs is 1. The number of carbonyl (C=O) groups is 2. The van der Waals surface area contributed by atoms with E-state index in [1.54, 1.807) is 0 Å². The Labute approximate surface area is 249 Å². The van der Waals surface area contributed by atoms with Gasteiger partial charge >= 0.3 is 17.7 Å². The predicted molar refractivity (Wildman–Crippen MR) is 153 cm³/mol. The van der Waals surface area contributed by atoms with Crippen LogP contribution in [0.15, 0.2) is 41.3 Å². The summed E-state index contributed by atoms with van der Waals surface area (Å²) in [6.45, 7) is 6.05. The summed E-state index contributed by atoms with van der Waals surface area (Å²) < 4.78 is 84.0. The molecule has 0 atom stereocenters. The highest BCUT2D eigenvalue weighted by atomic mass is 32.2. The number of benzene rings is 1. The van der Waals surface area contributed by atoms with Gasteiger partial charge in [0.15, 0.2) is 11.3 Å². The van der Waals surface area contributed by atoms with E-state index in [1.165, 1.54) is 31.4 Å². The smallest absolute Gasteiger partial charge is 0.411 e. The molecular formula is C27H30F4N6O6S. The fourth-order valence-electron chi connectivity index (χ4n) is 4.54. The van der Waals surface area contributed by atoms with Gasteiger partial charge < -0.3 is 15.0 Å². The maximum Gasteiger partial charge on any atom is 0.491 e. The van der Waals surface area contributed by atoms with E-state index in [2.05, 4.69) is 19.9 Å². The van der Waals surface area contributed by atoms with Crippen molar-refractivity contribution in [3.8, 4) is 5.75 Å². The van der Waals surface area contributed by atoms with E-state index in [4.69, 9.17) is 0 Å². The molecule has 1 fully saturated rings. The molecule has 3 heterocycles. The van der Waals surface area contributed by atoms with Crippen molar-refractivity contribution in [1.29, 1.82) is 0 Å². The lowest BCUT2D eigenvalue weighted by Crippen LogP contribution is -2.49. The van der Waals surface area contributed by atoms with Gasteiger partial charge in [0, 0.05) is 52.0 Å². The monoisotopic (exact) mass is 642 g/mol. The van der Waals surface area contributed by atoms with Crippen LogP contribution in [0.25, 0.3) is 5.65 Å². The van der Waals surface area contributed by atoms with Gasteiger partial charge in [0.1, 0.15) is 5.82 Å². The molecule has 1 aromatic carbocycles. The average molecular weight is 643 g/mol. The Kier molecular flexibility index (Phi) is 9.20. The van der Waals surface area contributed by atoms with Crippen LogP contribution in [-0.4, -0.2) is 86.3 Å². The number of aromatic nitrogens is 2. The van der Waals surface area contributed by atoms with Crippen LogP contribution in [0.2, 0.25) is 0 Å². The van der Waals surface area contributed by atoms with Gasteiger partial charge in [-0.15, -0.1) is 0 Å². The highest BCUT2D eigenvalue weighted by Crippen LogP contribution is 2.30. The van der Waals surface area contributed by atoms with Gasteiger partial charge in [-0.1, -0.05) is 12.1 Å². The molecule has 0 aliphatic carbocycles. The number of ether oxygens (including phenoxy) is 1. The number of pyridine rings is 1. The van der Waals surface area contributed by atoms with Gasteiger partial charge in [-0.05, 0) is 37.6 Å². The molecule has 44 heavy (non-hydrogen) atoms. The third-order valence-corrected chi connectivity index (χ3v) is 8.29. The maximum atomic E-state index is 13.7. The average Bonchev–Trinajstić information content (AvgIpc) is 2.96. The number of nitrogens with one attached hydrogen (secondary N) is 1. The Morgan fingerprint density at radius 3 is 2.27 bits per heavy atom. The van der Waals surface area contributed by atoms with Crippen LogP contribution in [-0.2, 0) is 21.4 Å². The molecule has 0 spiro atoms. The third-order valence-electron chi connectivity index (χ3n) is 7.10. The van der Waals surface area contributed by atoms with Crippen LogP contribution in [0.4, 0.5) is 28.9 Å². The van der Waals surface area contributed by atoms with Crippen LogP contribution in [0.3, 0.4) is 0 Å². The van der Waals surface area contributed by atoms with Crippen LogP contribution in [0, 0.1) is 5.82 Å². The lowest BCUT2D eigenvalue weighted by atomic mass is 10.2. The van der Waals surface area contributed by atoms with E-state index in [0.717, 1.165) is 27.1 Å². The number of piperazine rings is 1. The van der Waals surface area contributed by atoms with Gasteiger partial charge in [-0.3, -0.25) is 23.2 Å². The molecule has 0 bridgehead atoms. The molecule has 0 unspecified atom stereocenters. The molecule has 2 aromatic heterocycles. The first-order chi connectivity index (χ1) is 20.5. The van der Waals surface area contributed by atoms with Crippen molar-refractivity contribution >= 4 is 38.9 Å². The van der Waals surface area contributed by atoms with Crippen molar-refractivity contribution in [3.63, 3.8) is 0 Å². The summed E-state index contributed by atoms with van der Waals surface area (Å²) in [6, 6.07) is 6.62. The second kappa shape index (κ2) is 12.4. The minimum atomic E-state index is -5.52. The summed E-state index contributed by atoms with van der Waals surface area (Å²) in [6.07, 6.45) is -3.39. The first kappa shape index (κ1) is 32.7. The highest BCUT2D eigenvalue weighted by Gasteiger charge is 2.43. The molecule has 1 aliphatic heterocycles. The van der Waals surface area contributed by atoms with E-state index in [1.807, 2.05) is 18.7 Å². The first-order valence-corrected chi connectivity index (χ1v) is 15.2. The van der Waals surface area contributed by atoms with Gasteiger partial charge in [-0.25, -0.2) is 22.6 Å². The normalized spacial score (nSPS) is 14.6. The van der Waals surface area contributed by atoms with Crippen molar-refractivity contribution in [2.45, 2.75) is 32.6 Å². The Morgan fingerprint density at radius 2 is 1.73 bits per heavy atom. The molecule has 1 N–H and O–H groups in total. The second-order valence-corrected chi connectivity index (χ2v) is 12.4. The van der Waals surface area contributed by atoms with Gasteiger partial charge in [0.05, 0.1) is 17.6 Å². The SMILES string of the molecule is CC(C)N1CCN(c2cc(N(C)S(C)(=O)=O)c3nc(C(=O)NCc4ccc(F)cc4)c(OC(=O)C(F)(F)F)c(=O)n3c2)CC1. The van der Waals surface area contributed by atoms with Crippen molar-refractivity contribution in [1.82, 2.24) is 19.6 Å². The number of hydrogen-bond donors (Lipinski definition) is 1. The van der Waals surface area contributed by atoms with E-state index in [0.29, 0.717) is 37.4 Å². The van der Waals surface area contributed by atoms with E-state index in [-0.39, 0.29) is 18.3 Å². The minimum absolute atomic E-state index is 0.158. The fourth-order valence-corrected chi connectivity index (χ4v) is 5.03. The summed E-state index contributed by atoms with van der Waals surface area (Å²) >= 11 is 0. The number of amides is 1. The molecule has 4 rings (SSSR count). The van der Waals surface area contributed by atoms with E-state index < -0.39 is 56.5 Å². The number of sulfonamides is 1. The number of halogens is 4.